The van der Waals surface area contributed by atoms with E-state index in [4.69, 9.17) is 5.11 Å². The van der Waals surface area contributed by atoms with Crippen molar-refractivity contribution in [1.29, 1.82) is 0 Å². The summed E-state index contributed by atoms with van der Waals surface area (Å²) in [4.78, 5) is 11.4. The molecule has 0 radical (unpaired) electrons. The van der Waals surface area contributed by atoms with E-state index >= 15 is 0 Å². The lowest BCUT2D eigenvalue weighted by Gasteiger charge is -2.07. The van der Waals surface area contributed by atoms with Gasteiger partial charge in [0.15, 0.2) is 5.69 Å². The van der Waals surface area contributed by atoms with E-state index in [0.29, 0.717) is 5.69 Å². The van der Waals surface area contributed by atoms with E-state index in [-0.39, 0.29) is 17.2 Å². The Morgan fingerprint density at radius 3 is 2.94 bits per heavy atom. The Kier molecular flexibility index (Phi) is 3.38. The fourth-order valence-electron chi connectivity index (χ4n) is 1.63. The van der Waals surface area contributed by atoms with Crippen LogP contribution in [0.25, 0.3) is 5.69 Å². The summed E-state index contributed by atoms with van der Waals surface area (Å²) in [6.07, 6.45) is 1.54. The average molecular weight is 249 g/mol. The Bertz CT molecular complexity index is 580. The van der Waals surface area contributed by atoms with Gasteiger partial charge in [0.1, 0.15) is 5.82 Å². The molecule has 1 heterocycles. The molecule has 0 aliphatic carbocycles. The van der Waals surface area contributed by atoms with E-state index in [0.717, 1.165) is 0 Å². The Labute approximate surface area is 103 Å². The largest absolute Gasteiger partial charge is 0.391 e. The first kappa shape index (κ1) is 12.3. The Balaban J connectivity index is 2.46. The van der Waals surface area contributed by atoms with Crippen LogP contribution in [0, 0.1) is 5.82 Å². The minimum Gasteiger partial charge on any atom is -0.391 e. The fourth-order valence-corrected chi connectivity index (χ4v) is 1.63. The van der Waals surface area contributed by atoms with Crippen LogP contribution in [0.15, 0.2) is 30.5 Å². The molecule has 2 N–H and O–H groups in total. The number of aliphatic hydroxyl groups is 1. The third-order valence-electron chi connectivity index (χ3n) is 2.55. The van der Waals surface area contributed by atoms with E-state index in [1.54, 1.807) is 12.3 Å². The number of nitrogens with zero attached hydrogens (tertiary/aromatic N) is 2. The molecule has 18 heavy (non-hydrogen) atoms. The summed E-state index contributed by atoms with van der Waals surface area (Å²) in [5, 5.41) is 15.6. The monoisotopic (exact) mass is 249 g/mol. The molecule has 5 nitrogen and oxygen atoms in total. The van der Waals surface area contributed by atoms with Crippen molar-refractivity contribution < 1.29 is 14.3 Å². The van der Waals surface area contributed by atoms with Gasteiger partial charge in [-0.3, -0.25) is 4.79 Å². The number of amides is 1. The van der Waals surface area contributed by atoms with Crippen LogP contribution in [-0.4, -0.2) is 27.8 Å². The second kappa shape index (κ2) is 4.97. The molecule has 94 valence electrons. The van der Waals surface area contributed by atoms with Crippen molar-refractivity contribution >= 4 is 5.91 Å². The first-order valence-corrected chi connectivity index (χ1v) is 5.33. The molecule has 0 unspecified atom stereocenters. The first-order chi connectivity index (χ1) is 8.67. The number of carbonyl (C=O) groups excluding carboxylic acids is 1. The number of rotatable bonds is 3. The highest BCUT2D eigenvalue weighted by atomic mass is 19.1. The molecule has 2 aromatic rings. The number of benzene rings is 1. The number of aromatic nitrogens is 2. The van der Waals surface area contributed by atoms with E-state index in [9.17, 15) is 9.18 Å². The number of halogens is 1. The maximum absolute atomic E-state index is 13.5. The number of hydrogen-bond acceptors (Lipinski definition) is 3. The van der Waals surface area contributed by atoms with Crippen molar-refractivity contribution in [1.82, 2.24) is 15.1 Å². The topological polar surface area (TPSA) is 67.2 Å². The fraction of sp³-hybridized carbons (Fsp3) is 0.167. The normalized spacial score (nSPS) is 10.4. The molecule has 0 saturated carbocycles. The number of hydrogen-bond donors (Lipinski definition) is 2. The lowest BCUT2D eigenvalue weighted by atomic mass is 10.2. The van der Waals surface area contributed by atoms with Crippen molar-refractivity contribution in [2.24, 2.45) is 0 Å². The molecule has 1 amide bonds. The van der Waals surface area contributed by atoms with Crippen LogP contribution in [0.3, 0.4) is 0 Å². The van der Waals surface area contributed by atoms with Gasteiger partial charge in [-0.15, -0.1) is 0 Å². The van der Waals surface area contributed by atoms with Crippen molar-refractivity contribution in [2.45, 2.75) is 6.61 Å². The SMILES string of the molecule is CNC(=O)c1ccn(-c2cccc(F)c2CO)n1. The van der Waals surface area contributed by atoms with Crippen LogP contribution in [0.5, 0.6) is 0 Å². The standard InChI is InChI=1S/C12H12FN3O2/c1-14-12(18)10-5-6-16(15-10)11-4-2-3-9(13)8(11)7-17/h2-6,17H,7H2,1H3,(H,14,18). The molecule has 6 heteroatoms. The van der Waals surface area contributed by atoms with Crippen LogP contribution in [0.1, 0.15) is 16.1 Å². The van der Waals surface area contributed by atoms with E-state index < -0.39 is 12.4 Å². The zero-order valence-corrected chi connectivity index (χ0v) is 9.72. The zero-order chi connectivity index (χ0) is 13.1. The van der Waals surface area contributed by atoms with Crippen molar-refractivity contribution in [2.75, 3.05) is 7.05 Å². The van der Waals surface area contributed by atoms with Gasteiger partial charge in [0.2, 0.25) is 0 Å². The summed E-state index contributed by atoms with van der Waals surface area (Å²) in [5.41, 5.74) is 0.780. The summed E-state index contributed by atoms with van der Waals surface area (Å²) in [7, 11) is 1.50. The van der Waals surface area contributed by atoms with Gasteiger partial charge in [0.25, 0.3) is 5.91 Å². The first-order valence-electron chi connectivity index (χ1n) is 5.33. The maximum Gasteiger partial charge on any atom is 0.271 e. The second-order valence-electron chi connectivity index (χ2n) is 3.62. The summed E-state index contributed by atoms with van der Waals surface area (Å²) < 4.78 is 14.8. The lowest BCUT2D eigenvalue weighted by Crippen LogP contribution is -2.18. The molecular formula is C12H12FN3O2. The van der Waals surface area contributed by atoms with Crippen LogP contribution < -0.4 is 5.32 Å². The van der Waals surface area contributed by atoms with Gasteiger partial charge in [0, 0.05) is 18.8 Å². The smallest absolute Gasteiger partial charge is 0.271 e. The van der Waals surface area contributed by atoms with Crippen molar-refractivity contribution in [3.8, 4) is 5.69 Å². The van der Waals surface area contributed by atoms with Gasteiger partial charge >= 0.3 is 0 Å². The van der Waals surface area contributed by atoms with Crippen molar-refractivity contribution in [3.05, 3.63) is 47.5 Å². The summed E-state index contributed by atoms with van der Waals surface area (Å²) >= 11 is 0. The molecule has 2 rings (SSSR count). The molecule has 0 spiro atoms. The second-order valence-corrected chi connectivity index (χ2v) is 3.62. The highest BCUT2D eigenvalue weighted by molar-refractivity contribution is 5.91. The summed E-state index contributed by atoms with van der Waals surface area (Å²) in [6.45, 7) is -0.433. The third-order valence-corrected chi connectivity index (χ3v) is 2.55. The number of carbonyl (C=O) groups is 1. The summed E-state index contributed by atoms with van der Waals surface area (Å²) in [5.74, 6) is -0.831. The molecule has 0 atom stereocenters. The lowest BCUT2D eigenvalue weighted by molar-refractivity contribution is 0.0957. The molecule has 0 saturated heterocycles. The Morgan fingerprint density at radius 1 is 1.50 bits per heavy atom. The zero-order valence-electron chi connectivity index (χ0n) is 9.72. The minimum atomic E-state index is -0.507. The third kappa shape index (κ3) is 2.10. The van der Waals surface area contributed by atoms with Gasteiger partial charge in [-0.2, -0.15) is 5.10 Å². The maximum atomic E-state index is 13.5. The molecule has 0 bridgehead atoms. The van der Waals surface area contributed by atoms with Crippen LogP contribution in [0.2, 0.25) is 0 Å². The minimum absolute atomic E-state index is 0.143. The van der Waals surface area contributed by atoms with Gasteiger partial charge in [-0.25, -0.2) is 9.07 Å². The van der Waals surface area contributed by atoms with Gasteiger partial charge < -0.3 is 10.4 Å². The van der Waals surface area contributed by atoms with Gasteiger partial charge in [0.05, 0.1) is 12.3 Å². The highest BCUT2D eigenvalue weighted by Crippen LogP contribution is 2.17. The summed E-state index contributed by atoms with van der Waals surface area (Å²) in [6, 6.07) is 5.92. The van der Waals surface area contributed by atoms with E-state index in [1.807, 2.05) is 0 Å². The van der Waals surface area contributed by atoms with E-state index in [2.05, 4.69) is 10.4 Å². The molecule has 1 aromatic carbocycles. The van der Waals surface area contributed by atoms with Crippen molar-refractivity contribution in [3.63, 3.8) is 0 Å². The Morgan fingerprint density at radius 2 is 2.28 bits per heavy atom. The molecular weight excluding hydrogens is 237 g/mol. The molecule has 0 fully saturated rings. The Hall–Kier alpha value is -2.21. The van der Waals surface area contributed by atoms with Gasteiger partial charge in [-0.05, 0) is 18.2 Å². The molecule has 1 aromatic heterocycles. The quantitative estimate of drug-likeness (QED) is 0.848. The average Bonchev–Trinajstić information content (AvgIpc) is 2.87. The number of aliphatic hydroxyl groups excluding tert-OH is 1. The molecule has 0 aliphatic rings. The van der Waals surface area contributed by atoms with Gasteiger partial charge in [-0.1, -0.05) is 6.07 Å². The predicted molar refractivity (Wildman–Crippen MR) is 62.8 cm³/mol. The van der Waals surface area contributed by atoms with Crippen LogP contribution >= 0.6 is 0 Å². The predicted octanol–water partition coefficient (Wildman–Crippen LogP) is 0.863. The van der Waals surface area contributed by atoms with E-state index in [1.165, 1.54) is 29.9 Å². The highest BCUT2D eigenvalue weighted by Gasteiger charge is 2.12. The number of nitrogens with one attached hydrogen (secondary N) is 1. The van der Waals surface area contributed by atoms with Crippen LogP contribution in [-0.2, 0) is 6.61 Å². The molecule has 0 aliphatic heterocycles. The van der Waals surface area contributed by atoms with Crippen LogP contribution in [0.4, 0.5) is 4.39 Å².